The van der Waals surface area contributed by atoms with Gasteiger partial charge in [-0.05, 0) is 29.8 Å². The van der Waals surface area contributed by atoms with E-state index in [2.05, 4.69) is 15.3 Å². The molecule has 2 aromatic carbocycles. The van der Waals surface area contributed by atoms with Crippen LogP contribution in [0, 0.1) is 5.82 Å². The van der Waals surface area contributed by atoms with Crippen LogP contribution in [0.15, 0.2) is 48.8 Å². The highest BCUT2D eigenvalue weighted by atomic mass is 35.5. The van der Waals surface area contributed by atoms with Gasteiger partial charge in [0.05, 0.1) is 17.0 Å². The monoisotopic (exact) mass is 317 g/mol. The topological polar surface area (TPSA) is 58.0 Å². The molecule has 1 atom stereocenters. The molecule has 0 spiro atoms. The standard InChI is InChI=1S/C16H13ClFN3O/c17-11-6-4-10(5-7-11)14(22)8-19-16-15-12(18)2-1-3-13(15)20-9-21-16/h1-7,9,14,22H,8H2,(H,19,20,21). The number of rotatable bonds is 4. The molecule has 6 heteroatoms. The molecule has 0 aliphatic heterocycles. The molecule has 4 nitrogen and oxygen atoms in total. The average Bonchev–Trinajstić information content (AvgIpc) is 2.53. The van der Waals surface area contributed by atoms with Crippen molar-refractivity contribution in [3.63, 3.8) is 0 Å². The minimum Gasteiger partial charge on any atom is -0.387 e. The largest absolute Gasteiger partial charge is 0.387 e. The van der Waals surface area contributed by atoms with Gasteiger partial charge >= 0.3 is 0 Å². The number of hydrogen-bond acceptors (Lipinski definition) is 4. The second-order valence-electron chi connectivity index (χ2n) is 4.80. The Morgan fingerprint density at radius 3 is 2.68 bits per heavy atom. The first kappa shape index (κ1) is 14.7. The normalized spacial score (nSPS) is 12.3. The van der Waals surface area contributed by atoms with Gasteiger partial charge in [-0.15, -0.1) is 0 Å². The fourth-order valence-corrected chi connectivity index (χ4v) is 2.32. The number of aromatic nitrogens is 2. The molecule has 1 aromatic heterocycles. The summed E-state index contributed by atoms with van der Waals surface area (Å²) in [6.45, 7) is 0.197. The second kappa shape index (κ2) is 6.25. The van der Waals surface area contributed by atoms with Crippen LogP contribution in [0.5, 0.6) is 0 Å². The molecule has 112 valence electrons. The van der Waals surface area contributed by atoms with Crippen LogP contribution in [0.2, 0.25) is 5.02 Å². The van der Waals surface area contributed by atoms with E-state index in [1.165, 1.54) is 12.4 Å². The Balaban J connectivity index is 1.80. The van der Waals surface area contributed by atoms with Crippen LogP contribution >= 0.6 is 11.6 Å². The van der Waals surface area contributed by atoms with Crippen LogP contribution in [-0.4, -0.2) is 21.6 Å². The lowest BCUT2D eigenvalue weighted by atomic mass is 10.1. The van der Waals surface area contributed by atoms with Gasteiger partial charge in [0.15, 0.2) is 0 Å². The number of anilines is 1. The van der Waals surface area contributed by atoms with E-state index in [9.17, 15) is 9.50 Å². The van der Waals surface area contributed by atoms with Crippen LogP contribution in [0.3, 0.4) is 0 Å². The summed E-state index contributed by atoms with van der Waals surface area (Å²) in [6.07, 6.45) is 0.604. The van der Waals surface area contributed by atoms with E-state index in [1.54, 1.807) is 36.4 Å². The lowest BCUT2D eigenvalue weighted by Gasteiger charge is -2.14. The maximum absolute atomic E-state index is 13.9. The van der Waals surface area contributed by atoms with E-state index in [0.717, 1.165) is 5.56 Å². The van der Waals surface area contributed by atoms with Crippen LogP contribution < -0.4 is 5.32 Å². The summed E-state index contributed by atoms with van der Waals surface area (Å²) in [5.74, 6) is -0.0438. The first-order chi connectivity index (χ1) is 10.6. The van der Waals surface area contributed by atoms with Crippen LogP contribution in [0.25, 0.3) is 10.9 Å². The minimum atomic E-state index is -0.756. The smallest absolute Gasteiger partial charge is 0.140 e. The maximum atomic E-state index is 13.9. The van der Waals surface area contributed by atoms with Crippen molar-refractivity contribution in [1.82, 2.24) is 9.97 Å². The van der Waals surface area contributed by atoms with Gasteiger partial charge in [-0.1, -0.05) is 29.8 Å². The highest BCUT2D eigenvalue weighted by Gasteiger charge is 2.11. The summed E-state index contributed by atoms with van der Waals surface area (Å²) in [4.78, 5) is 8.08. The number of hydrogen-bond donors (Lipinski definition) is 2. The fourth-order valence-electron chi connectivity index (χ4n) is 2.20. The third kappa shape index (κ3) is 3.00. The third-order valence-corrected chi connectivity index (χ3v) is 3.58. The Hall–Kier alpha value is -2.24. The Morgan fingerprint density at radius 2 is 1.91 bits per heavy atom. The zero-order chi connectivity index (χ0) is 15.5. The summed E-state index contributed by atoms with van der Waals surface area (Å²) in [6, 6.07) is 11.6. The SMILES string of the molecule is OC(CNc1ncnc2cccc(F)c12)c1ccc(Cl)cc1. The summed E-state index contributed by atoms with van der Waals surface area (Å²) in [7, 11) is 0. The molecule has 1 heterocycles. The van der Waals surface area contributed by atoms with Gasteiger partial charge in [-0.2, -0.15) is 0 Å². The molecule has 2 N–H and O–H groups in total. The van der Waals surface area contributed by atoms with E-state index in [4.69, 9.17) is 11.6 Å². The molecule has 0 saturated heterocycles. The Labute approximate surface area is 131 Å². The lowest BCUT2D eigenvalue weighted by molar-refractivity contribution is 0.191. The van der Waals surface area contributed by atoms with E-state index in [1.807, 2.05) is 0 Å². The number of aliphatic hydroxyl groups excluding tert-OH is 1. The zero-order valence-corrected chi connectivity index (χ0v) is 12.3. The van der Waals surface area contributed by atoms with Gasteiger partial charge in [0.2, 0.25) is 0 Å². The molecule has 0 saturated carbocycles. The van der Waals surface area contributed by atoms with Crippen molar-refractivity contribution in [3.05, 3.63) is 65.2 Å². The van der Waals surface area contributed by atoms with Crippen LogP contribution in [-0.2, 0) is 0 Å². The molecule has 3 aromatic rings. The quantitative estimate of drug-likeness (QED) is 0.772. The molecule has 0 amide bonds. The van der Waals surface area contributed by atoms with Gasteiger partial charge < -0.3 is 10.4 Å². The zero-order valence-electron chi connectivity index (χ0n) is 11.5. The Kier molecular flexibility index (Phi) is 4.18. The summed E-state index contributed by atoms with van der Waals surface area (Å²) >= 11 is 5.82. The second-order valence-corrected chi connectivity index (χ2v) is 5.24. The van der Waals surface area contributed by atoms with Gasteiger partial charge in [-0.3, -0.25) is 0 Å². The number of fused-ring (bicyclic) bond motifs is 1. The first-order valence-corrected chi connectivity index (χ1v) is 7.09. The number of halogens is 2. The first-order valence-electron chi connectivity index (χ1n) is 6.72. The molecule has 1 unspecified atom stereocenters. The van der Waals surface area contributed by atoms with E-state index < -0.39 is 11.9 Å². The summed E-state index contributed by atoms with van der Waals surface area (Å²) in [5, 5.41) is 14.1. The van der Waals surface area contributed by atoms with Gasteiger partial charge in [0.25, 0.3) is 0 Å². The average molecular weight is 318 g/mol. The van der Waals surface area contributed by atoms with Crippen molar-refractivity contribution in [2.75, 3.05) is 11.9 Å². The molecule has 22 heavy (non-hydrogen) atoms. The Morgan fingerprint density at radius 1 is 1.14 bits per heavy atom. The van der Waals surface area contributed by atoms with E-state index in [0.29, 0.717) is 21.7 Å². The van der Waals surface area contributed by atoms with Crippen molar-refractivity contribution in [2.45, 2.75) is 6.10 Å². The minimum absolute atomic E-state index is 0.197. The molecule has 0 aliphatic rings. The van der Waals surface area contributed by atoms with Crippen LogP contribution in [0.4, 0.5) is 10.2 Å². The maximum Gasteiger partial charge on any atom is 0.140 e. The molecular weight excluding hydrogens is 305 g/mol. The summed E-state index contributed by atoms with van der Waals surface area (Å²) < 4.78 is 13.9. The predicted molar refractivity (Wildman–Crippen MR) is 84.4 cm³/mol. The third-order valence-electron chi connectivity index (χ3n) is 3.33. The number of nitrogens with one attached hydrogen (secondary N) is 1. The van der Waals surface area contributed by atoms with Crippen molar-refractivity contribution in [3.8, 4) is 0 Å². The number of nitrogens with zero attached hydrogens (tertiary/aromatic N) is 2. The molecule has 0 radical (unpaired) electrons. The van der Waals surface area contributed by atoms with Crippen LogP contribution in [0.1, 0.15) is 11.7 Å². The number of benzene rings is 2. The van der Waals surface area contributed by atoms with Crippen molar-refractivity contribution in [2.24, 2.45) is 0 Å². The van der Waals surface area contributed by atoms with E-state index >= 15 is 0 Å². The fraction of sp³-hybridized carbons (Fsp3) is 0.125. The predicted octanol–water partition coefficient (Wildman–Crippen LogP) is 3.57. The van der Waals surface area contributed by atoms with Crippen molar-refractivity contribution in [1.29, 1.82) is 0 Å². The molecule has 0 bridgehead atoms. The molecule has 0 fully saturated rings. The molecule has 0 aliphatic carbocycles. The highest BCUT2D eigenvalue weighted by molar-refractivity contribution is 6.30. The van der Waals surface area contributed by atoms with Gasteiger partial charge in [0, 0.05) is 11.6 Å². The summed E-state index contributed by atoms with van der Waals surface area (Å²) in [5.41, 5.74) is 1.23. The van der Waals surface area contributed by atoms with Gasteiger partial charge in [0.1, 0.15) is 18.0 Å². The van der Waals surface area contributed by atoms with Crippen molar-refractivity contribution < 1.29 is 9.50 Å². The Bertz CT molecular complexity index is 790. The molecular formula is C16H13ClFN3O. The number of aliphatic hydroxyl groups is 1. The highest BCUT2D eigenvalue weighted by Crippen LogP contribution is 2.23. The van der Waals surface area contributed by atoms with Crippen molar-refractivity contribution >= 4 is 28.3 Å². The van der Waals surface area contributed by atoms with Gasteiger partial charge in [-0.25, -0.2) is 14.4 Å². The lowest BCUT2D eigenvalue weighted by Crippen LogP contribution is -2.13. The molecule has 3 rings (SSSR count). The van der Waals surface area contributed by atoms with E-state index in [-0.39, 0.29) is 6.54 Å².